The smallest absolute Gasteiger partial charge is 0.342 e. The predicted molar refractivity (Wildman–Crippen MR) is 83.9 cm³/mol. The molecule has 0 unspecified atom stereocenters. The molecule has 2 nitrogen and oxygen atoms in total. The van der Waals surface area contributed by atoms with E-state index >= 15 is 0 Å². The largest absolute Gasteiger partial charge is 0.416 e. The number of rotatable bonds is 2. The Balaban J connectivity index is 2.07. The maximum atomic E-state index is 12.9. The Bertz CT molecular complexity index is 847. The van der Waals surface area contributed by atoms with Crippen LogP contribution in [0.25, 0.3) is 22.6 Å². The van der Waals surface area contributed by atoms with E-state index in [0.29, 0.717) is 17.1 Å². The Labute approximate surface area is 132 Å². The minimum absolute atomic E-state index is 0.452. The molecule has 0 aliphatic carbocycles. The SMILES string of the molecule is Cc1ccccc1-c1nc(-c2cccc(C(F)(F)F)c2)c(C)[nH]1. The van der Waals surface area contributed by atoms with Gasteiger partial charge in [-0.25, -0.2) is 4.98 Å². The summed E-state index contributed by atoms with van der Waals surface area (Å²) < 4.78 is 38.6. The molecule has 23 heavy (non-hydrogen) atoms. The lowest BCUT2D eigenvalue weighted by molar-refractivity contribution is -0.137. The van der Waals surface area contributed by atoms with Crippen molar-refractivity contribution in [3.63, 3.8) is 0 Å². The number of H-pyrrole nitrogens is 1. The number of aromatic amines is 1. The van der Waals surface area contributed by atoms with Crippen molar-refractivity contribution in [3.05, 3.63) is 65.4 Å². The molecule has 1 N–H and O–H groups in total. The molecule has 1 heterocycles. The number of halogens is 3. The fourth-order valence-corrected chi connectivity index (χ4v) is 2.55. The van der Waals surface area contributed by atoms with E-state index in [2.05, 4.69) is 9.97 Å². The van der Waals surface area contributed by atoms with Crippen molar-refractivity contribution in [3.8, 4) is 22.6 Å². The van der Waals surface area contributed by atoms with Crippen LogP contribution in [0, 0.1) is 13.8 Å². The first-order valence-corrected chi connectivity index (χ1v) is 7.16. The Morgan fingerprint density at radius 3 is 2.39 bits per heavy atom. The van der Waals surface area contributed by atoms with Crippen LogP contribution in [-0.2, 0) is 6.18 Å². The molecule has 0 bridgehead atoms. The lowest BCUT2D eigenvalue weighted by atomic mass is 10.1. The molecule has 3 aromatic rings. The highest BCUT2D eigenvalue weighted by Crippen LogP contribution is 2.33. The minimum Gasteiger partial charge on any atom is -0.342 e. The highest BCUT2D eigenvalue weighted by atomic mass is 19.4. The molecule has 0 radical (unpaired) electrons. The van der Waals surface area contributed by atoms with Gasteiger partial charge in [0.25, 0.3) is 0 Å². The minimum atomic E-state index is -4.36. The highest BCUT2D eigenvalue weighted by molar-refractivity contribution is 5.69. The van der Waals surface area contributed by atoms with Gasteiger partial charge in [-0.15, -0.1) is 0 Å². The van der Waals surface area contributed by atoms with Crippen LogP contribution in [0.15, 0.2) is 48.5 Å². The first kappa shape index (κ1) is 15.3. The van der Waals surface area contributed by atoms with Crippen molar-refractivity contribution in [1.82, 2.24) is 9.97 Å². The van der Waals surface area contributed by atoms with Gasteiger partial charge >= 0.3 is 6.18 Å². The molecule has 0 fully saturated rings. The van der Waals surface area contributed by atoms with E-state index in [0.717, 1.165) is 29.0 Å². The van der Waals surface area contributed by atoms with Crippen LogP contribution in [0.1, 0.15) is 16.8 Å². The summed E-state index contributed by atoms with van der Waals surface area (Å²) in [6.07, 6.45) is -4.36. The van der Waals surface area contributed by atoms with E-state index in [1.807, 2.05) is 38.1 Å². The average Bonchev–Trinajstić information content (AvgIpc) is 2.89. The van der Waals surface area contributed by atoms with Gasteiger partial charge in [0, 0.05) is 16.8 Å². The molecule has 3 rings (SSSR count). The standard InChI is InChI=1S/C18H15F3N2/c1-11-6-3-4-9-15(11)17-22-12(2)16(23-17)13-7-5-8-14(10-13)18(19,20)21/h3-10H,1-2H3,(H,22,23). The van der Waals surface area contributed by atoms with Gasteiger partial charge in [-0.3, -0.25) is 0 Å². The Morgan fingerprint density at radius 1 is 0.957 bits per heavy atom. The molecule has 0 aliphatic heterocycles. The van der Waals surface area contributed by atoms with Gasteiger partial charge in [0.1, 0.15) is 5.82 Å². The molecular formula is C18H15F3N2. The number of nitrogens with zero attached hydrogens (tertiary/aromatic N) is 1. The second kappa shape index (κ2) is 5.57. The number of benzene rings is 2. The third-order valence-electron chi connectivity index (χ3n) is 3.75. The normalized spacial score (nSPS) is 11.7. The van der Waals surface area contributed by atoms with Gasteiger partial charge in [0.2, 0.25) is 0 Å². The third-order valence-corrected chi connectivity index (χ3v) is 3.75. The summed E-state index contributed by atoms with van der Waals surface area (Å²) in [4.78, 5) is 7.68. The molecule has 2 aromatic carbocycles. The summed E-state index contributed by atoms with van der Waals surface area (Å²) in [7, 11) is 0. The number of imidazole rings is 1. The van der Waals surface area contributed by atoms with Gasteiger partial charge in [0.15, 0.2) is 0 Å². The fourth-order valence-electron chi connectivity index (χ4n) is 2.55. The van der Waals surface area contributed by atoms with Crippen molar-refractivity contribution in [2.75, 3.05) is 0 Å². The van der Waals surface area contributed by atoms with Crippen LogP contribution in [0.5, 0.6) is 0 Å². The van der Waals surface area contributed by atoms with Crippen LogP contribution >= 0.6 is 0 Å². The molecule has 0 atom stereocenters. The number of hydrogen-bond acceptors (Lipinski definition) is 1. The lowest BCUT2D eigenvalue weighted by Gasteiger charge is -2.07. The Morgan fingerprint density at radius 2 is 1.70 bits per heavy atom. The number of aryl methyl sites for hydroxylation is 2. The monoisotopic (exact) mass is 316 g/mol. The molecule has 5 heteroatoms. The number of alkyl halides is 3. The Hall–Kier alpha value is -2.56. The maximum Gasteiger partial charge on any atom is 0.416 e. The van der Waals surface area contributed by atoms with Gasteiger partial charge in [-0.2, -0.15) is 13.2 Å². The van der Waals surface area contributed by atoms with E-state index in [-0.39, 0.29) is 0 Å². The molecular weight excluding hydrogens is 301 g/mol. The number of hydrogen-bond donors (Lipinski definition) is 1. The molecule has 0 aliphatic rings. The van der Waals surface area contributed by atoms with Crippen molar-refractivity contribution in [1.29, 1.82) is 0 Å². The van der Waals surface area contributed by atoms with Crippen molar-refractivity contribution < 1.29 is 13.2 Å². The Kier molecular flexibility index (Phi) is 3.72. The first-order chi connectivity index (χ1) is 10.9. The zero-order chi connectivity index (χ0) is 16.6. The summed E-state index contributed by atoms with van der Waals surface area (Å²) in [6.45, 7) is 3.78. The topological polar surface area (TPSA) is 28.7 Å². The molecule has 1 aromatic heterocycles. The molecule has 0 amide bonds. The van der Waals surface area contributed by atoms with Gasteiger partial charge in [0.05, 0.1) is 11.3 Å². The molecule has 0 saturated heterocycles. The first-order valence-electron chi connectivity index (χ1n) is 7.16. The zero-order valence-electron chi connectivity index (χ0n) is 12.7. The second-order valence-electron chi connectivity index (χ2n) is 5.45. The van der Waals surface area contributed by atoms with Crippen LogP contribution in [0.3, 0.4) is 0 Å². The van der Waals surface area contributed by atoms with Crippen LogP contribution in [0.4, 0.5) is 13.2 Å². The lowest BCUT2D eigenvalue weighted by Crippen LogP contribution is -2.04. The maximum absolute atomic E-state index is 12.9. The molecule has 0 spiro atoms. The van der Waals surface area contributed by atoms with Gasteiger partial charge in [-0.05, 0) is 31.5 Å². The van der Waals surface area contributed by atoms with Gasteiger partial charge in [-0.1, -0.05) is 36.4 Å². The third kappa shape index (κ3) is 2.99. The predicted octanol–water partition coefficient (Wildman–Crippen LogP) is 5.38. The van der Waals surface area contributed by atoms with E-state index in [1.54, 1.807) is 6.07 Å². The van der Waals surface area contributed by atoms with Crippen molar-refractivity contribution >= 4 is 0 Å². The zero-order valence-corrected chi connectivity index (χ0v) is 12.7. The van der Waals surface area contributed by atoms with Gasteiger partial charge < -0.3 is 4.98 Å². The summed E-state index contributed by atoms with van der Waals surface area (Å²) in [6, 6.07) is 13.0. The van der Waals surface area contributed by atoms with E-state index in [1.165, 1.54) is 6.07 Å². The molecule has 0 saturated carbocycles. The molecule has 118 valence electrons. The number of nitrogens with one attached hydrogen (secondary N) is 1. The van der Waals surface area contributed by atoms with Crippen molar-refractivity contribution in [2.45, 2.75) is 20.0 Å². The van der Waals surface area contributed by atoms with Crippen LogP contribution in [0.2, 0.25) is 0 Å². The van der Waals surface area contributed by atoms with E-state index in [9.17, 15) is 13.2 Å². The van der Waals surface area contributed by atoms with Crippen LogP contribution < -0.4 is 0 Å². The summed E-state index contributed by atoms with van der Waals surface area (Å²) >= 11 is 0. The fraction of sp³-hybridized carbons (Fsp3) is 0.167. The van der Waals surface area contributed by atoms with Crippen LogP contribution in [-0.4, -0.2) is 9.97 Å². The van der Waals surface area contributed by atoms with E-state index < -0.39 is 11.7 Å². The summed E-state index contributed by atoms with van der Waals surface area (Å²) in [5.41, 5.74) is 3.05. The summed E-state index contributed by atoms with van der Waals surface area (Å²) in [5.74, 6) is 0.660. The highest BCUT2D eigenvalue weighted by Gasteiger charge is 2.30. The van der Waals surface area contributed by atoms with E-state index in [4.69, 9.17) is 0 Å². The number of aromatic nitrogens is 2. The quantitative estimate of drug-likeness (QED) is 0.675. The second-order valence-corrected chi connectivity index (χ2v) is 5.45. The average molecular weight is 316 g/mol. The summed E-state index contributed by atoms with van der Waals surface area (Å²) in [5, 5.41) is 0. The van der Waals surface area contributed by atoms with Crippen molar-refractivity contribution in [2.24, 2.45) is 0 Å².